The van der Waals surface area contributed by atoms with E-state index in [1.807, 2.05) is 0 Å². The molecule has 0 radical (unpaired) electrons. The number of carbonyl (C=O) groups is 1. The monoisotopic (exact) mass is 215 g/mol. The van der Waals surface area contributed by atoms with E-state index in [0.717, 1.165) is 6.42 Å². The van der Waals surface area contributed by atoms with E-state index < -0.39 is 0 Å². The summed E-state index contributed by atoms with van der Waals surface area (Å²) in [5.74, 6) is 0.162. The van der Waals surface area contributed by atoms with Crippen molar-refractivity contribution in [3.63, 3.8) is 0 Å². The van der Waals surface area contributed by atoms with Crippen molar-refractivity contribution < 1.29 is 4.79 Å². The van der Waals surface area contributed by atoms with Gasteiger partial charge in [-0.1, -0.05) is 35.9 Å². The molecule has 1 saturated heterocycles. The van der Waals surface area contributed by atoms with Crippen LogP contribution in [0, 0.1) is 13.8 Å². The second kappa shape index (κ2) is 4.52. The lowest BCUT2D eigenvalue weighted by Gasteiger charge is -2.04. The van der Waals surface area contributed by atoms with Gasteiger partial charge in [0.25, 0.3) is 0 Å². The third-order valence-electron chi connectivity index (χ3n) is 2.96. The van der Waals surface area contributed by atoms with Crippen molar-refractivity contribution in [1.82, 2.24) is 5.32 Å². The first-order chi connectivity index (χ1) is 7.65. The molecule has 1 atom stereocenters. The first-order valence-electron chi connectivity index (χ1n) is 5.70. The van der Waals surface area contributed by atoms with Crippen molar-refractivity contribution in [3.05, 3.63) is 41.0 Å². The van der Waals surface area contributed by atoms with Crippen LogP contribution in [0.15, 0.2) is 24.3 Å². The van der Waals surface area contributed by atoms with Crippen LogP contribution in [0.3, 0.4) is 0 Å². The molecule has 0 spiro atoms. The topological polar surface area (TPSA) is 29.1 Å². The molecule has 0 aliphatic carbocycles. The van der Waals surface area contributed by atoms with Gasteiger partial charge in [0.1, 0.15) is 0 Å². The van der Waals surface area contributed by atoms with E-state index in [1.54, 1.807) is 0 Å². The van der Waals surface area contributed by atoms with Gasteiger partial charge in [0, 0.05) is 12.5 Å². The van der Waals surface area contributed by atoms with E-state index >= 15 is 0 Å². The Morgan fingerprint density at radius 1 is 1.38 bits per heavy atom. The summed E-state index contributed by atoms with van der Waals surface area (Å²) < 4.78 is 0. The van der Waals surface area contributed by atoms with Gasteiger partial charge < -0.3 is 5.32 Å². The quantitative estimate of drug-likeness (QED) is 0.807. The van der Waals surface area contributed by atoms with Gasteiger partial charge in [-0.05, 0) is 31.4 Å². The van der Waals surface area contributed by atoms with Gasteiger partial charge in [0.15, 0.2) is 0 Å². The molecule has 1 N–H and O–H groups in total. The highest BCUT2D eigenvalue weighted by molar-refractivity contribution is 5.79. The summed E-state index contributed by atoms with van der Waals surface area (Å²) in [6.45, 7) is 4.21. The summed E-state index contributed by atoms with van der Waals surface area (Å²) in [4.78, 5) is 11.0. The molecule has 2 nitrogen and oxygen atoms in total. The van der Waals surface area contributed by atoms with Crippen LogP contribution in [0.25, 0.3) is 6.08 Å². The molecule has 2 rings (SSSR count). The Balaban J connectivity index is 2.08. The summed E-state index contributed by atoms with van der Waals surface area (Å²) in [7, 11) is 0. The predicted molar refractivity (Wildman–Crippen MR) is 66.1 cm³/mol. The Bertz CT molecular complexity index is 434. The molecule has 2 heteroatoms. The Morgan fingerprint density at radius 2 is 2.19 bits per heavy atom. The Labute approximate surface area is 96.4 Å². The minimum atomic E-state index is 0.162. The molecule has 0 unspecified atom stereocenters. The molecule has 0 saturated carbocycles. The Hall–Kier alpha value is -1.57. The maximum Gasteiger partial charge on any atom is 0.220 e. The molecule has 84 valence electrons. The first-order valence-corrected chi connectivity index (χ1v) is 5.70. The second-order valence-electron chi connectivity index (χ2n) is 4.43. The Kier molecular flexibility index (Phi) is 3.09. The lowest BCUT2D eigenvalue weighted by Crippen LogP contribution is -2.22. The van der Waals surface area contributed by atoms with Gasteiger partial charge >= 0.3 is 0 Å². The second-order valence-corrected chi connectivity index (χ2v) is 4.43. The maximum atomic E-state index is 11.0. The minimum Gasteiger partial charge on any atom is -0.350 e. The summed E-state index contributed by atoms with van der Waals surface area (Å²) in [5, 5.41) is 2.93. The lowest BCUT2D eigenvalue weighted by atomic mass is 10.0. The Morgan fingerprint density at radius 3 is 2.81 bits per heavy atom. The van der Waals surface area contributed by atoms with Gasteiger partial charge in [-0.15, -0.1) is 0 Å². The zero-order valence-electron chi connectivity index (χ0n) is 9.79. The highest BCUT2D eigenvalue weighted by Crippen LogP contribution is 2.14. The van der Waals surface area contributed by atoms with E-state index in [9.17, 15) is 4.79 Å². The fourth-order valence-corrected chi connectivity index (χ4v) is 2.01. The van der Waals surface area contributed by atoms with Crippen LogP contribution in [0.4, 0.5) is 0 Å². The lowest BCUT2D eigenvalue weighted by molar-refractivity contribution is -0.119. The molecule has 1 amide bonds. The fraction of sp³-hybridized carbons (Fsp3) is 0.357. The number of aryl methyl sites for hydroxylation is 2. The molecule has 1 fully saturated rings. The van der Waals surface area contributed by atoms with Crippen LogP contribution >= 0.6 is 0 Å². The summed E-state index contributed by atoms with van der Waals surface area (Å²) >= 11 is 0. The average Bonchev–Trinajstić information content (AvgIpc) is 2.63. The number of benzene rings is 1. The zero-order valence-corrected chi connectivity index (χ0v) is 9.79. The van der Waals surface area contributed by atoms with Crippen molar-refractivity contribution in [2.75, 3.05) is 0 Å². The highest BCUT2D eigenvalue weighted by atomic mass is 16.1. The summed E-state index contributed by atoms with van der Waals surface area (Å²) in [6.07, 6.45) is 5.76. The molecular formula is C14H17NO. The first kappa shape index (κ1) is 10.9. The van der Waals surface area contributed by atoms with Gasteiger partial charge in [-0.25, -0.2) is 0 Å². The number of amides is 1. The number of hydrogen-bond donors (Lipinski definition) is 1. The predicted octanol–water partition coefficient (Wildman–Crippen LogP) is 2.60. The van der Waals surface area contributed by atoms with Crippen molar-refractivity contribution in [1.29, 1.82) is 0 Å². The smallest absolute Gasteiger partial charge is 0.220 e. The van der Waals surface area contributed by atoms with Crippen molar-refractivity contribution >= 4 is 12.0 Å². The SMILES string of the molecule is Cc1ccc(/C=C/[C@H]2CCC(=O)N2)c(C)c1. The van der Waals surface area contributed by atoms with E-state index in [1.165, 1.54) is 16.7 Å². The molecule has 1 aromatic rings. The van der Waals surface area contributed by atoms with E-state index in [4.69, 9.17) is 0 Å². The number of rotatable bonds is 2. The standard InChI is InChI=1S/C14H17NO/c1-10-3-4-12(11(2)9-10)5-6-13-7-8-14(16)15-13/h3-6,9,13H,7-8H2,1-2H3,(H,15,16)/b6-5+/t13-/m0/s1. The third-order valence-corrected chi connectivity index (χ3v) is 2.96. The number of nitrogens with one attached hydrogen (secondary N) is 1. The number of hydrogen-bond acceptors (Lipinski definition) is 1. The molecule has 0 bridgehead atoms. The van der Waals surface area contributed by atoms with Crippen LogP contribution in [-0.4, -0.2) is 11.9 Å². The molecular weight excluding hydrogens is 198 g/mol. The largest absolute Gasteiger partial charge is 0.350 e. The van der Waals surface area contributed by atoms with Crippen molar-refractivity contribution in [2.24, 2.45) is 0 Å². The van der Waals surface area contributed by atoms with Gasteiger partial charge in [0.2, 0.25) is 5.91 Å². The normalized spacial score (nSPS) is 20.4. The molecule has 1 aromatic carbocycles. The summed E-state index contributed by atoms with van der Waals surface area (Å²) in [6, 6.07) is 6.62. The maximum absolute atomic E-state index is 11.0. The van der Waals surface area contributed by atoms with Crippen LogP contribution in [0.5, 0.6) is 0 Å². The van der Waals surface area contributed by atoms with E-state index in [0.29, 0.717) is 6.42 Å². The summed E-state index contributed by atoms with van der Waals surface area (Å²) in [5.41, 5.74) is 3.79. The van der Waals surface area contributed by atoms with Crippen LogP contribution in [-0.2, 0) is 4.79 Å². The van der Waals surface area contributed by atoms with Crippen LogP contribution in [0.1, 0.15) is 29.5 Å². The van der Waals surface area contributed by atoms with Crippen LogP contribution < -0.4 is 5.32 Å². The van der Waals surface area contributed by atoms with E-state index in [-0.39, 0.29) is 11.9 Å². The highest BCUT2D eigenvalue weighted by Gasteiger charge is 2.17. The molecule has 0 aromatic heterocycles. The van der Waals surface area contributed by atoms with Crippen molar-refractivity contribution in [3.8, 4) is 0 Å². The molecule has 1 aliphatic heterocycles. The average molecular weight is 215 g/mol. The van der Waals surface area contributed by atoms with Crippen molar-refractivity contribution in [2.45, 2.75) is 32.7 Å². The number of carbonyl (C=O) groups excluding carboxylic acids is 1. The van der Waals surface area contributed by atoms with Crippen LogP contribution in [0.2, 0.25) is 0 Å². The molecule has 16 heavy (non-hydrogen) atoms. The third kappa shape index (κ3) is 2.51. The zero-order chi connectivity index (χ0) is 11.5. The molecule has 1 heterocycles. The van der Waals surface area contributed by atoms with Gasteiger partial charge in [0.05, 0.1) is 0 Å². The minimum absolute atomic E-state index is 0.162. The van der Waals surface area contributed by atoms with Gasteiger partial charge in [-0.3, -0.25) is 4.79 Å². The molecule has 1 aliphatic rings. The van der Waals surface area contributed by atoms with Gasteiger partial charge in [-0.2, -0.15) is 0 Å². The fourth-order valence-electron chi connectivity index (χ4n) is 2.01. The van der Waals surface area contributed by atoms with E-state index in [2.05, 4.69) is 49.5 Å².